The number of phenols is 1. The van der Waals surface area contributed by atoms with Crippen LogP contribution in [0, 0.1) is 0 Å². The zero-order chi connectivity index (χ0) is 21.8. The highest BCUT2D eigenvalue weighted by Crippen LogP contribution is 2.33. The van der Waals surface area contributed by atoms with E-state index in [2.05, 4.69) is 18.7 Å². The number of allylic oxidation sites excluding steroid dienone is 1. The molecular weight excluding hydrogens is 404 g/mol. The van der Waals surface area contributed by atoms with E-state index in [-0.39, 0.29) is 11.5 Å². The highest BCUT2D eigenvalue weighted by atomic mass is 32.1. The molecule has 1 N–H and O–H groups in total. The van der Waals surface area contributed by atoms with Crippen LogP contribution in [-0.4, -0.2) is 29.0 Å². The van der Waals surface area contributed by atoms with Crippen molar-refractivity contribution < 1.29 is 9.90 Å². The number of rotatable bonds is 7. The first kappa shape index (κ1) is 20.8. The van der Waals surface area contributed by atoms with Gasteiger partial charge in [-0.05, 0) is 44.2 Å². The van der Waals surface area contributed by atoms with Gasteiger partial charge in [0.25, 0.3) is 0 Å². The molecule has 0 radical (unpaired) electrons. The highest BCUT2D eigenvalue weighted by Gasteiger charge is 2.19. The number of phenolic OH excluding ortho intramolecular Hbond substituents is 1. The third-order valence-electron chi connectivity index (χ3n) is 5.25. The first-order chi connectivity index (χ1) is 15.1. The molecule has 0 atom stereocenters. The van der Waals surface area contributed by atoms with Gasteiger partial charge in [0, 0.05) is 36.0 Å². The largest absolute Gasteiger partial charge is 0.507 e. The summed E-state index contributed by atoms with van der Waals surface area (Å²) in [5.74, 6) is 0.0238. The van der Waals surface area contributed by atoms with Crippen molar-refractivity contribution in [1.29, 1.82) is 0 Å². The summed E-state index contributed by atoms with van der Waals surface area (Å²) in [7, 11) is 0. The molecule has 1 aromatic heterocycles. The minimum Gasteiger partial charge on any atom is -0.507 e. The lowest BCUT2D eigenvalue weighted by Gasteiger charge is -2.21. The van der Waals surface area contributed by atoms with Crippen molar-refractivity contribution in [2.24, 2.45) is 0 Å². The molecule has 0 unspecified atom stereocenters. The number of para-hydroxylation sites is 1. The average molecular weight is 429 g/mol. The summed E-state index contributed by atoms with van der Waals surface area (Å²) in [5.41, 5.74) is 3.46. The van der Waals surface area contributed by atoms with E-state index in [1.807, 2.05) is 54.6 Å². The summed E-state index contributed by atoms with van der Waals surface area (Å²) < 4.78 is 1.02. The molecule has 0 saturated heterocycles. The predicted molar refractivity (Wildman–Crippen MR) is 130 cm³/mol. The second-order valence-corrected chi connectivity index (χ2v) is 8.19. The van der Waals surface area contributed by atoms with Gasteiger partial charge in [-0.3, -0.25) is 4.79 Å². The Hall–Kier alpha value is -3.44. The van der Waals surface area contributed by atoms with Crippen LogP contribution in [0.4, 0.5) is 5.69 Å². The monoisotopic (exact) mass is 428 g/mol. The summed E-state index contributed by atoms with van der Waals surface area (Å²) in [4.78, 5) is 20.3. The van der Waals surface area contributed by atoms with Crippen LogP contribution in [0.25, 0.3) is 21.9 Å². The summed E-state index contributed by atoms with van der Waals surface area (Å²) in [5, 5.41) is 11.4. The number of aromatic nitrogens is 1. The summed E-state index contributed by atoms with van der Waals surface area (Å²) in [6.45, 7) is 5.87. The molecule has 5 heteroatoms. The number of hydrogen-bond acceptors (Lipinski definition) is 5. The lowest BCUT2D eigenvalue weighted by Crippen LogP contribution is -2.21. The molecule has 4 nitrogen and oxygen atoms in total. The fourth-order valence-corrected chi connectivity index (χ4v) is 4.53. The number of carbonyl (C=O) groups excluding carboxylic acids is 1. The SMILES string of the molecule is CCN(CC)c1ccc(/C=C(\C(=O)c2ccccc2)c2nc3ccccc3s2)c(O)c1. The van der Waals surface area contributed by atoms with Gasteiger partial charge in [-0.25, -0.2) is 4.98 Å². The van der Waals surface area contributed by atoms with Crippen LogP contribution >= 0.6 is 11.3 Å². The second kappa shape index (κ2) is 9.14. The van der Waals surface area contributed by atoms with Crippen molar-refractivity contribution in [2.45, 2.75) is 13.8 Å². The number of ketones is 1. The molecule has 31 heavy (non-hydrogen) atoms. The van der Waals surface area contributed by atoms with E-state index in [0.717, 1.165) is 29.0 Å². The lowest BCUT2D eigenvalue weighted by molar-refractivity contribution is 0.105. The number of hydrogen-bond donors (Lipinski definition) is 1. The highest BCUT2D eigenvalue weighted by molar-refractivity contribution is 7.20. The number of aromatic hydroxyl groups is 1. The van der Waals surface area contributed by atoms with Gasteiger partial charge in [0.1, 0.15) is 10.8 Å². The van der Waals surface area contributed by atoms with E-state index in [1.54, 1.807) is 24.3 Å². The Bertz CT molecular complexity index is 1210. The summed E-state index contributed by atoms with van der Waals surface area (Å²) in [6.07, 6.45) is 1.74. The topological polar surface area (TPSA) is 53.4 Å². The fourth-order valence-electron chi connectivity index (χ4n) is 3.55. The Labute approximate surface area is 186 Å². The first-order valence-corrected chi connectivity index (χ1v) is 11.2. The number of anilines is 1. The first-order valence-electron chi connectivity index (χ1n) is 10.4. The van der Waals surface area contributed by atoms with Crippen LogP contribution < -0.4 is 4.90 Å². The van der Waals surface area contributed by atoms with E-state index in [0.29, 0.717) is 21.7 Å². The third kappa shape index (κ3) is 4.37. The summed E-state index contributed by atoms with van der Waals surface area (Å²) >= 11 is 1.48. The molecule has 156 valence electrons. The quantitative estimate of drug-likeness (QED) is 0.278. The molecular formula is C26H24N2O2S. The second-order valence-electron chi connectivity index (χ2n) is 7.16. The van der Waals surface area contributed by atoms with Gasteiger partial charge in [-0.15, -0.1) is 11.3 Å². The van der Waals surface area contributed by atoms with E-state index in [1.165, 1.54) is 11.3 Å². The normalized spacial score (nSPS) is 11.6. The van der Waals surface area contributed by atoms with Crippen LogP contribution in [0.1, 0.15) is 34.8 Å². The minimum absolute atomic E-state index is 0.119. The van der Waals surface area contributed by atoms with Gasteiger partial charge in [0.05, 0.1) is 15.8 Å². The molecule has 0 fully saturated rings. The number of fused-ring (bicyclic) bond motifs is 1. The van der Waals surface area contributed by atoms with Crippen LogP contribution in [0.5, 0.6) is 5.75 Å². The molecule has 0 aliphatic carbocycles. The van der Waals surface area contributed by atoms with Crippen molar-refractivity contribution in [3.05, 3.63) is 88.9 Å². The van der Waals surface area contributed by atoms with E-state index < -0.39 is 0 Å². The van der Waals surface area contributed by atoms with E-state index >= 15 is 0 Å². The molecule has 0 spiro atoms. The Morgan fingerprint density at radius 1 is 1.00 bits per heavy atom. The van der Waals surface area contributed by atoms with Gasteiger partial charge in [-0.1, -0.05) is 42.5 Å². The molecule has 0 amide bonds. The van der Waals surface area contributed by atoms with E-state index in [9.17, 15) is 9.90 Å². The molecule has 1 heterocycles. The lowest BCUT2D eigenvalue weighted by atomic mass is 10.0. The fraction of sp³-hybridized carbons (Fsp3) is 0.154. The maximum Gasteiger partial charge on any atom is 0.196 e. The Morgan fingerprint density at radius 2 is 1.71 bits per heavy atom. The predicted octanol–water partition coefficient (Wildman–Crippen LogP) is 6.27. The Balaban J connectivity index is 1.82. The number of nitrogens with zero attached hydrogens (tertiary/aromatic N) is 2. The molecule has 0 bridgehead atoms. The maximum absolute atomic E-state index is 13.4. The number of Topliss-reactive ketones (excluding diaryl/α,β-unsaturated/α-hetero) is 1. The maximum atomic E-state index is 13.4. The smallest absolute Gasteiger partial charge is 0.196 e. The molecule has 0 aliphatic heterocycles. The number of carbonyl (C=O) groups is 1. The van der Waals surface area contributed by atoms with Gasteiger partial charge in [0.2, 0.25) is 0 Å². The van der Waals surface area contributed by atoms with Gasteiger partial charge in [0.15, 0.2) is 5.78 Å². The zero-order valence-corrected chi connectivity index (χ0v) is 18.4. The standard InChI is InChI=1S/C26H24N2O2S/c1-3-28(4-2)20-15-14-19(23(29)17-20)16-21(25(30)18-10-6-5-7-11-18)26-27-22-12-8-9-13-24(22)31-26/h5-17,29H,3-4H2,1-2H3/b21-16+. The third-order valence-corrected chi connectivity index (χ3v) is 6.32. The van der Waals surface area contributed by atoms with Crippen LogP contribution in [0.2, 0.25) is 0 Å². The van der Waals surface area contributed by atoms with Gasteiger partial charge >= 0.3 is 0 Å². The van der Waals surface area contributed by atoms with Crippen molar-refractivity contribution in [1.82, 2.24) is 4.98 Å². The zero-order valence-electron chi connectivity index (χ0n) is 17.6. The number of benzene rings is 3. The molecule has 3 aromatic carbocycles. The Kier molecular flexibility index (Phi) is 6.14. The van der Waals surface area contributed by atoms with Crippen LogP contribution in [-0.2, 0) is 0 Å². The van der Waals surface area contributed by atoms with Crippen molar-refractivity contribution in [3.8, 4) is 5.75 Å². The molecule has 4 aromatic rings. The van der Waals surface area contributed by atoms with Crippen LogP contribution in [0.15, 0.2) is 72.8 Å². The molecule has 0 aliphatic rings. The summed E-state index contributed by atoms with van der Waals surface area (Å²) in [6, 6.07) is 22.6. The van der Waals surface area contributed by atoms with Crippen molar-refractivity contribution in [3.63, 3.8) is 0 Å². The average Bonchev–Trinajstić information content (AvgIpc) is 3.23. The Morgan fingerprint density at radius 3 is 2.39 bits per heavy atom. The molecule has 4 rings (SSSR count). The number of thiazole rings is 1. The van der Waals surface area contributed by atoms with Crippen molar-refractivity contribution >= 4 is 44.7 Å². The minimum atomic E-state index is -0.119. The van der Waals surface area contributed by atoms with Gasteiger partial charge in [-0.2, -0.15) is 0 Å². The van der Waals surface area contributed by atoms with Crippen molar-refractivity contribution in [2.75, 3.05) is 18.0 Å². The van der Waals surface area contributed by atoms with Crippen LogP contribution in [0.3, 0.4) is 0 Å². The molecule has 0 saturated carbocycles. The van der Waals surface area contributed by atoms with E-state index in [4.69, 9.17) is 4.98 Å². The van der Waals surface area contributed by atoms with Gasteiger partial charge < -0.3 is 10.0 Å².